The maximum absolute atomic E-state index is 12.0. The number of aromatic nitrogens is 1. The van der Waals surface area contributed by atoms with E-state index in [1.165, 1.54) is 12.3 Å². The second kappa shape index (κ2) is 3.44. The lowest BCUT2D eigenvalue weighted by Crippen LogP contribution is -1.99. The van der Waals surface area contributed by atoms with Gasteiger partial charge in [-0.3, -0.25) is 4.98 Å². The molecule has 1 rings (SSSR count). The smallest absolute Gasteiger partial charge is 0.284 e. The Bertz CT molecular complexity index is 278. The summed E-state index contributed by atoms with van der Waals surface area (Å²) in [5.41, 5.74) is 5.13. The van der Waals surface area contributed by atoms with E-state index in [9.17, 15) is 8.78 Å². The van der Waals surface area contributed by atoms with Gasteiger partial charge in [-0.25, -0.2) is 8.78 Å². The highest BCUT2D eigenvalue weighted by Crippen LogP contribution is 2.25. The molecule has 0 spiro atoms. The molecule has 0 radical (unpaired) electrons. The van der Waals surface area contributed by atoms with Crippen LogP contribution in [0.2, 0.25) is 0 Å². The molecule has 0 aliphatic carbocycles. The van der Waals surface area contributed by atoms with Gasteiger partial charge in [0.2, 0.25) is 0 Å². The zero-order valence-corrected chi connectivity index (χ0v) is 6.17. The summed E-state index contributed by atoms with van der Waals surface area (Å²) in [5.74, 6) is -0.507. The van der Waals surface area contributed by atoms with Crippen molar-refractivity contribution in [2.45, 2.75) is 13.0 Å². The van der Waals surface area contributed by atoms with Crippen LogP contribution in [0.4, 0.5) is 8.78 Å². The molecule has 0 saturated carbocycles. The number of hydrogen-bond acceptors (Lipinski definition) is 3. The summed E-state index contributed by atoms with van der Waals surface area (Å²) in [4.78, 5) is 3.37. The van der Waals surface area contributed by atoms with Crippen molar-refractivity contribution in [3.05, 3.63) is 23.5 Å². The van der Waals surface area contributed by atoms with Crippen LogP contribution in [0, 0.1) is 0 Å². The van der Waals surface area contributed by atoms with Crippen LogP contribution >= 0.6 is 0 Å². The number of alkyl halides is 2. The second-order valence-corrected chi connectivity index (χ2v) is 2.25. The zero-order chi connectivity index (χ0) is 9.14. The van der Waals surface area contributed by atoms with Crippen LogP contribution in [-0.2, 0) is 6.54 Å². The lowest BCUT2D eigenvalue weighted by molar-refractivity contribution is 0.142. The van der Waals surface area contributed by atoms with E-state index in [4.69, 9.17) is 10.8 Å². The van der Waals surface area contributed by atoms with Gasteiger partial charge >= 0.3 is 0 Å². The first-order valence-electron chi connectivity index (χ1n) is 3.31. The van der Waals surface area contributed by atoms with Crippen molar-refractivity contribution < 1.29 is 13.9 Å². The molecule has 3 nitrogen and oxygen atoms in total. The normalized spacial score (nSPS) is 10.7. The third-order valence-corrected chi connectivity index (χ3v) is 1.40. The van der Waals surface area contributed by atoms with Crippen molar-refractivity contribution in [3.8, 4) is 5.75 Å². The van der Waals surface area contributed by atoms with Crippen molar-refractivity contribution in [2.24, 2.45) is 5.73 Å². The third-order valence-electron chi connectivity index (χ3n) is 1.40. The number of nitrogens with zero attached hydrogens (tertiary/aromatic N) is 1. The predicted molar refractivity (Wildman–Crippen MR) is 38.8 cm³/mol. The van der Waals surface area contributed by atoms with Gasteiger partial charge in [-0.1, -0.05) is 0 Å². The molecular weight excluding hydrogens is 166 g/mol. The van der Waals surface area contributed by atoms with Gasteiger partial charge < -0.3 is 10.8 Å². The van der Waals surface area contributed by atoms with Crippen LogP contribution in [-0.4, -0.2) is 10.1 Å². The molecule has 0 aliphatic rings. The second-order valence-electron chi connectivity index (χ2n) is 2.25. The number of aromatic hydroxyl groups is 1. The Morgan fingerprint density at radius 1 is 1.58 bits per heavy atom. The van der Waals surface area contributed by atoms with Gasteiger partial charge in [0, 0.05) is 12.7 Å². The highest BCUT2D eigenvalue weighted by Gasteiger charge is 2.13. The third kappa shape index (κ3) is 1.68. The van der Waals surface area contributed by atoms with Crippen LogP contribution in [0.25, 0.3) is 0 Å². The van der Waals surface area contributed by atoms with Crippen molar-refractivity contribution in [3.63, 3.8) is 0 Å². The van der Waals surface area contributed by atoms with E-state index < -0.39 is 17.9 Å². The van der Waals surface area contributed by atoms with Crippen molar-refractivity contribution in [1.29, 1.82) is 0 Å². The Morgan fingerprint density at radius 2 is 2.25 bits per heavy atom. The standard InChI is InChI=1S/C7H8F2N2O/c8-7(9)6-5(12)1-4(2-10)3-11-6/h1,3,7,12H,2,10H2. The first-order chi connectivity index (χ1) is 5.65. The summed E-state index contributed by atoms with van der Waals surface area (Å²) in [5, 5.41) is 8.99. The van der Waals surface area contributed by atoms with Gasteiger partial charge in [-0.15, -0.1) is 0 Å². The number of halogens is 2. The van der Waals surface area contributed by atoms with Crippen molar-refractivity contribution in [2.75, 3.05) is 0 Å². The number of hydrogen-bond donors (Lipinski definition) is 2. The van der Waals surface area contributed by atoms with E-state index in [1.807, 2.05) is 0 Å². The molecule has 12 heavy (non-hydrogen) atoms. The Hall–Kier alpha value is -1.23. The quantitative estimate of drug-likeness (QED) is 0.707. The van der Waals surface area contributed by atoms with Crippen LogP contribution < -0.4 is 5.73 Å². The largest absolute Gasteiger partial charge is 0.506 e. The minimum atomic E-state index is -2.75. The maximum atomic E-state index is 12.0. The van der Waals surface area contributed by atoms with E-state index in [2.05, 4.69) is 4.98 Å². The summed E-state index contributed by atoms with van der Waals surface area (Å²) < 4.78 is 24.0. The summed E-state index contributed by atoms with van der Waals surface area (Å²) in [6.45, 7) is 0.171. The van der Waals surface area contributed by atoms with Gasteiger partial charge in [0.25, 0.3) is 6.43 Å². The first-order valence-corrected chi connectivity index (χ1v) is 3.31. The first kappa shape index (κ1) is 8.86. The average Bonchev–Trinajstić information content (AvgIpc) is 2.03. The minimum absolute atomic E-state index is 0.171. The Morgan fingerprint density at radius 3 is 2.67 bits per heavy atom. The Labute approximate surface area is 67.8 Å². The Kier molecular flexibility index (Phi) is 2.54. The fourth-order valence-electron chi connectivity index (χ4n) is 0.785. The molecule has 0 fully saturated rings. The van der Waals surface area contributed by atoms with Gasteiger partial charge in [-0.2, -0.15) is 0 Å². The molecule has 1 heterocycles. The van der Waals surface area contributed by atoms with Crippen molar-refractivity contribution in [1.82, 2.24) is 4.98 Å². The molecule has 0 atom stereocenters. The van der Waals surface area contributed by atoms with Crippen LogP contribution in [0.3, 0.4) is 0 Å². The van der Waals surface area contributed by atoms with E-state index in [0.29, 0.717) is 5.56 Å². The molecule has 0 saturated heterocycles. The SMILES string of the molecule is NCc1cnc(C(F)F)c(O)c1. The van der Waals surface area contributed by atoms with E-state index >= 15 is 0 Å². The fourth-order valence-corrected chi connectivity index (χ4v) is 0.785. The summed E-state index contributed by atoms with van der Waals surface area (Å²) in [6, 6.07) is 1.19. The Balaban J connectivity index is 3.03. The lowest BCUT2D eigenvalue weighted by Gasteiger charge is -2.03. The van der Waals surface area contributed by atoms with E-state index in [0.717, 1.165) is 0 Å². The van der Waals surface area contributed by atoms with Crippen molar-refractivity contribution >= 4 is 0 Å². The minimum Gasteiger partial charge on any atom is -0.506 e. The molecule has 1 aromatic heterocycles. The van der Waals surface area contributed by atoms with E-state index in [1.54, 1.807) is 0 Å². The number of rotatable bonds is 2. The molecule has 1 aromatic rings. The molecule has 3 N–H and O–H groups in total. The monoisotopic (exact) mass is 174 g/mol. The van der Waals surface area contributed by atoms with Crippen LogP contribution in [0.5, 0.6) is 5.75 Å². The number of nitrogens with two attached hydrogens (primary N) is 1. The fraction of sp³-hybridized carbons (Fsp3) is 0.286. The van der Waals surface area contributed by atoms with Crippen LogP contribution in [0.1, 0.15) is 17.7 Å². The highest BCUT2D eigenvalue weighted by molar-refractivity contribution is 5.30. The molecule has 0 bridgehead atoms. The lowest BCUT2D eigenvalue weighted by atomic mass is 10.2. The molecule has 66 valence electrons. The molecular formula is C7H8F2N2O. The molecule has 0 aliphatic heterocycles. The zero-order valence-electron chi connectivity index (χ0n) is 6.17. The van der Waals surface area contributed by atoms with E-state index in [-0.39, 0.29) is 6.54 Å². The highest BCUT2D eigenvalue weighted by atomic mass is 19.3. The van der Waals surface area contributed by atoms with Gasteiger partial charge in [0.05, 0.1) is 0 Å². The topological polar surface area (TPSA) is 59.1 Å². The molecule has 5 heteroatoms. The molecule has 0 aromatic carbocycles. The number of pyridine rings is 1. The van der Waals surface area contributed by atoms with Crippen LogP contribution in [0.15, 0.2) is 12.3 Å². The maximum Gasteiger partial charge on any atom is 0.284 e. The van der Waals surface area contributed by atoms with Gasteiger partial charge in [0.15, 0.2) is 0 Å². The predicted octanol–water partition coefficient (Wildman–Crippen LogP) is 1.18. The summed E-state index contributed by atoms with van der Waals surface area (Å²) in [6.07, 6.45) is -1.53. The summed E-state index contributed by atoms with van der Waals surface area (Å²) >= 11 is 0. The summed E-state index contributed by atoms with van der Waals surface area (Å²) in [7, 11) is 0. The van der Waals surface area contributed by atoms with Gasteiger partial charge in [-0.05, 0) is 11.6 Å². The average molecular weight is 174 g/mol. The van der Waals surface area contributed by atoms with Gasteiger partial charge in [0.1, 0.15) is 11.4 Å². The molecule has 0 unspecified atom stereocenters. The molecule has 0 amide bonds.